The van der Waals surface area contributed by atoms with E-state index in [1.54, 1.807) is 4.90 Å². The molecule has 1 aromatic carbocycles. The molecular weight excluding hydrogens is 320 g/mol. The van der Waals surface area contributed by atoms with Crippen LogP contribution in [0.3, 0.4) is 0 Å². The lowest BCUT2D eigenvalue weighted by molar-refractivity contribution is -0.169. The summed E-state index contributed by atoms with van der Waals surface area (Å²) in [6.07, 6.45) is 3.46. The van der Waals surface area contributed by atoms with Crippen molar-refractivity contribution in [3.63, 3.8) is 0 Å². The zero-order valence-electron chi connectivity index (χ0n) is 14.5. The molecule has 1 aromatic rings. The molecule has 0 bridgehead atoms. The van der Waals surface area contributed by atoms with Crippen LogP contribution in [0.2, 0.25) is 0 Å². The van der Waals surface area contributed by atoms with Crippen molar-refractivity contribution >= 4 is 11.9 Å². The first-order chi connectivity index (χ1) is 12.2. The summed E-state index contributed by atoms with van der Waals surface area (Å²) in [4.78, 5) is 33.1. The Balaban J connectivity index is 1.58. The van der Waals surface area contributed by atoms with Gasteiger partial charge in [0.25, 0.3) is 0 Å². The van der Waals surface area contributed by atoms with Crippen LogP contribution in [-0.2, 0) is 25.7 Å². The minimum absolute atomic E-state index is 0.0221. The smallest absolute Gasteiger partial charge is 0.328 e. The molecule has 0 N–H and O–H groups in total. The molecule has 3 fully saturated rings. The lowest BCUT2D eigenvalue weighted by Gasteiger charge is -2.31. The number of methoxy groups -OCH3 is 1. The number of hydrogen-bond donors (Lipinski definition) is 0. The van der Waals surface area contributed by atoms with Crippen LogP contribution in [0.15, 0.2) is 30.3 Å². The van der Waals surface area contributed by atoms with E-state index in [2.05, 4.69) is 0 Å². The Kier molecular flexibility index (Phi) is 4.48. The maximum Gasteiger partial charge on any atom is 0.328 e. The van der Waals surface area contributed by atoms with Crippen molar-refractivity contribution in [1.82, 2.24) is 9.96 Å². The van der Waals surface area contributed by atoms with Crippen LogP contribution in [0, 0.1) is 5.92 Å². The molecular formula is C19H24N2O4. The molecule has 0 aliphatic carbocycles. The number of benzene rings is 1. The molecule has 3 aliphatic rings. The van der Waals surface area contributed by atoms with E-state index in [1.165, 1.54) is 7.11 Å². The number of amides is 1. The second kappa shape index (κ2) is 6.77. The highest BCUT2D eigenvalue weighted by atomic mass is 16.7. The summed E-state index contributed by atoms with van der Waals surface area (Å²) in [5, 5.41) is 1.82. The Labute approximate surface area is 147 Å². The number of carbonyl (C=O) groups is 2. The summed E-state index contributed by atoms with van der Waals surface area (Å²) in [6.45, 7) is 1.15. The third kappa shape index (κ3) is 2.93. The van der Waals surface area contributed by atoms with Crippen molar-refractivity contribution in [2.75, 3.05) is 13.7 Å². The Morgan fingerprint density at radius 3 is 2.72 bits per heavy atom. The first-order valence-electron chi connectivity index (χ1n) is 9.02. The van der Waals surface area contributed by atoms with E-state index in [0.29, 0.717) is 19.6 Å². The van der Waals surface area contributed by atoms with Gasteiger partial charge in [0.2, 0.25) is 5.91 Å². The van der Waals surface area contributed by atoms with Crippen molar-refractivity contribution in [2.24, 2.45) is 5.92 Å². The van der Waals surface area contributed by atoms with Crippen LogP contribution in [0.1, 0.15) is 31.2 Å². The second-order valence-corrected chi connectivity index (χ2v) is 7.15. The molecule has 0 radical (unpaired) electrons. The highest BCUT2D eigenvalue weighted by Crippen LogP contribution is 2.38. The van der Waals surface area contributed by atoms with Gasteiger partial charge in [0.05, 0.1) is 13.7 Å². The molecule has 0 spiro atoms. The zero-order chi connectivity index (χ0) is 17.4. The number of hydrogen-bond acceptors (Lipinski definition) is 5. The van der Waals surface area contributed by atoms with E-state index in [1.807, 2.05) is 35.4 Å². The van der Waals surface area contributed by atoms with Crippen molar-refractivity contribution < 1.29 is 19.2 Å². The number of fused-ring (bicyclic) bond motifs is 2. The van der Waals surface area contributed by atoms with Gasteiger partial charge in [-0.2, -0.15) is 5.06 Å². The lowest BCUT2D eigenvalue weighted by atomic mass is 9.95. The van der Waals surface area contributed by atoms with Gasteiger partial charge in [0.15, 0.2) is 0 Å². The Hall–Kier alpha value is -1.92. The Morgan fingerprint density at radius 2 is 1.96 bits per heavy atom. The third-order valence-electron chi connectivity index (χ3n) is 5.75. The van der Waals surface area contributed by atoms with Gasteiger partial charge in [-0.25, -0.2) is 4.79 Å². The van der Waals surface area contributed by atoms with Gasteiger partial charge in [-0.15, -0.1) is 0 Å². The fraction of sp³-hybridized carbons (Fsp3) is 0.579. The fourth-order valence-electron chi connectivity index (χ4n) is 4.50. The number of esters is 1. The Bertz CT molecular complexity index is 650. The number of hydroxylamine groups is 2. The van der Waals surface area contributed by atoms with Crippen LogP contribution in [-0.4, -0.2) is 53.7 Å². The van der Waals surface area contributed by atoms with Crippen molar-refractivity contribution in [3.05, 3.63) is 35.9 Å². The predicted octanol–water partition coefficient (Wildman–Crippen LogP) is 1.74. The molecule has 6 nitrogen and oxygen atoms in total. The maximum absolute atomic E-state index is 13.3. The van der Waals surface area contributed by atoms with Gasteiger partial charge < -0.3 is 9.64 Å². The molecule has 3 heterocycles. The molecule has 6 heteroatoms. The topological polar surface area (TPSA) is 59.1 Å². The summed E-state index contributed by atoms with van der Waals surface area (Å²) in [6, 6.07) is 9.42. The van der Waals surface area contributed by atoms with Crippen molar-refractivity contribution in [3.8, 4) is 0 Å². The van der Waals surface area contributed by atoms with Gasteiger partial charge in [-0.1, -0.05) is 30.3 Å². The summed E-state index contributed by atoms with van der Waals surface area (Å²) < 4.78 is 4.93. The van der Waals surface area contributed by atoms with E-state index in [0.717, 1.165) is 24.8 Å². The van der Waals surface area contributed by atoms with Gasteiger partial charge in [-0.3, -0.25) is 9.63 Å². The number of rotatable bonds is 3. The average molecular weight is 344 g/mol. The summed E-state index contributed by atoms with van der Waals surface area (Å²) in [7, 11) is 1.39. The normalized spacial score (nSPS) is 32.2. The number of carbonyl (C=O) groups excluding carboxylic acids is 2. The van der Waals surface area contributed by atoms with E-state index in [9.17, 15) is 9.59 Å². The van der Waals surface area contributed by atoms with Crippen molar-refractivity contribution in [1.29, 1.82) is 0 Å². The van der Waals surface area contributed by atoms with Crippen LogP contribution < -0.4 is 0 Å². The first-order valence-corrected chi connectivity index (χ1v) is 9.02. The summed E-state index contributed by atoms with van der Waals surface area (Å²) in [5.74, 6) is -0.0863. The maximum atomic E-state index is 13.3. The van der Waals surface area contributed by atoms with E-state index in [4.69, 9.17) is 9.57 Å². The highest BCUT2D eigenvalue weighted by molar-refractivity contribution is 5.89. The molecule has 1 amide bonds. The largest absolute Gasteiger partial charge is 0.467 e. The van der Waals surface area contributed by atoms with Gasteiger partial charge in [-0.05, 0) is 31.2 Å². The number of nitrogens with zero attached hydrogens (tertiary/aromatic N) is 2. The van der Waals surface area contributed by atoms with E-state index in [-0.39, 0.29) is 29.9 Å². The standard InChI is InChI=1S/C19H24N2O4/c1-24-19(23)16-10-9-15-8-7-14-12-25-20(17(14)18(22)21(15)16)11-13-5-3-2-4-6-13/h2-6,14-17H,7-12H2,1H3/t14-,15?,16+,17?/m1/s1. The third-order valence-corrected chi connectivity index (χ3v) is 5.75. The molecule has 4 atom stereocenters. The van der Waals surface area contributed by atoms with Gasteiger partial charge in [0.1, 0.15) is 12.1 Å². The predicted molar refractivity (Wildman–Crippen MR) is 90.1 cm³/mol. The Morgan fingerprint density at radius 1 is 1.20 bits per heavy atom. The van der Waals surface area contributed by atoms with E-state index < -0.39 is 6.04 Å². The van der Waals surface area contributed by atoms with E-state index >= 15 is 0 Å². The molecule has 3 saturated heterocycles. The minimum atomic E-state index is -0.444. The van der Waals surface area contributed by atoms with Crippen LogP contribution in [0.25, 0.3) is 0 Å². The number of ether oxygens (including phenoxy) is 1. The zero-order valence-corrected chi connectivity index (χ0v) is 14.5. The molecule has 3 aliphatic heterocycles. The summed E-state index contributed by atoms with van der Waals surface area (Å²) >= 11 is 0. The van der Waals surface area contributed by atoms with Crippen LogP contribution >= 0.6 is 0 Å². The van der Waals surface area contributed by atoms with Gasteiger partial charge >= 0.3 is 5.97 Å². The minimum Gasteiger partial charge on any atom is -0.467 e. The molecule has 25 heavy (non-hydrogen) atoms. The first kappa shape index (κ1) is 16.5. The lowest BCUT2D eigenvalue weighted by Crippen LogP contribution is -2.52. The molecule has 134 valence electrons. The SMILES string of the molecule is COC(=O)[C@@H]1CCC2CC[C@@H]3CON(Cc4ccccc4)C3C(=O)N21. The highest BCUT2D eigenvalue weighted by Gasteiger charge is 2.51. The fourth-order valence-corrected chi connectivity index (χ4v) is 4.50. The molecule has 4 rings (SSSR count). The second-order valence-electron chi connectivity index (χ2n) is 7.15. The molecule has 2 unspecified atom stereocenters. The average Bonchev–Trinajstić information content (AvgIpc) is 3.20. The van der Waals surface area contributed by atoms with Crippen molar-refractivity contribution in [2.45, 2.75) is 50.4 Å². The molecule has 0 aromatic heterocycles. The monoisotopic (exact) mass is 344 g/mol. The summed E-state index contributed by atoms with van der Waals surface area (Å²) in [5.41, 5.74) is 1.11. The molecule has 0 saturated carbocycles. The van der Waals surface area contributed by atoms with Gasteiger partial charge in [0, 0.05) is 18.5 Å². The quantitative estimate of drug-likeness (QED) is 0.782. The van der Waals surface area contributed by atoms with Crippen LogP contribution in [0.4, 0.5) is 0 Å². The van der Waals surface area contributed by atoms with Crippen LogP contribution in [0.5, 0.6) is 0 Å².